The lowest BCUT2D eigenvalue weighted by Crippen LogP contribution is -2.35. The number of aromatic nitrogens is 1. The third-order valence-corrected chi connectivity index (χ3v) is 6.93. The highest BCUT2D eigenvalue weighted by Crippen LogP contribution is 2.32. The van der Waals surface area contributed by atoms with Gasteiger partial charge in [-0.15, -0.1) is 0 Å². The van der Waals surface area contributed by atoms with Crippen LogP contribution in [0.5, 0.6) is 0 Å². The number of alkyl halides is 3. The Balaban J connectivity index is 1.67. The van der Waals surface area contributed by atoms with Gasteiger partial charge in [-0.1, -0.05) is 36.7 Å². The Morgan fingerprint density at radius 2 is 1.69 bits per heavy atom. The molecule has 39 heavy (non-hydrogen) atoms. The maximum absolute atomic E-state index is 13.4. The largest absolute Gasteiger partial charge is 0.444 e. The fourth-order valence-corrected chi connectivity index (χ4v) is 4.47. The SMILES string of the molecule is CC1CCN(c2nc(C(F)(F)F)ccc2CNC(=O)C(C)c2ccc(CNC(=O)OC(C)(C)C)c(Cl)c2)CC1. The zero-order valence-electron chi connectivity index (χ0n) is 22.9. The van der Waals surface area contributed by atoms with Crippen LogP contribution in [0.4, 0.5) is 23.8 Å². The second-order valence-electron chi connectivity index (χ2n) is 11.0. The minimum absolute atomic E-state index is 0.0430. The van der Waals surface area contributed by atoms with Crippen LogP contribution in [0, 0.1) is 5.92 Å². The van der Waals surface area contributed by atoms with Crippen molar-refractivity contribution >= 4 is 29.4 Å². The zero-order chi connectivity index (χ0) is 29.0. The second kappa shape index (κ2) is 12.4. The second-order valence-corrected chi connectivity index (χ2v) is 11.4. The van der Waals surface area contributed by atoms with Crippen LogP contribution in [0.2, 0.25) is 5.02 Å². The molecule has 1 aliphatic heterocycles. The predicted octanol–water partition coefficient (Wildman–Crippen LogP) is 6.43. The molecule has 2 N–H and O–H groups in total. The maximum Gasteiger partial charge on any atom is 0.433 e. The number of piperidine rings is 1. The normalized spacial score (nSPS) is 15.6. The van der Waals surface area contributed by atoms with Crippen LogP contribution in [0.25, 0.3) is 0 Å². The number of anilines is 1. The summed E-state index contributed by atoms with van der Waals surface area (Å²) in [6.45, 7) is 10.6. The fraction of sp³-hybridized carbons (Fsp3) is 0.536. The molecule has 0 spiro atoms. The third kappa shape index (κ3) is 8.74. The molecule has 2 aromatic rings. The molecular weight excluding hydrogens is 533 g/mol. The highest BCUT2D eigenvalue weighted by atomic mass is 35.5. The Bertz CT molecular complexity index is 1180. The van der Waals surface area contributed by atoms with Crippen molar-refractivity contribution < 1.29 is 27.5 Å². The van der Waals surface area contributed by atoms with E-state index in [-0.39, 0.29) is 24.8 Å². The van der Waals surface area contributed by atoms with Gasteiger partial charge in [-0.05, 0) is 69.7 Å². The Morgan fingerprint density at radius 3 is 2.28 bits per heavy atom. The number of pyridine rings is 1. The van der Waals surface area contributed by atoms with E-state index in [0.717, 1.165) is 18.9 Å². The molecule has 1 aromatic heterocycles. The van der Waals surface area contributed by atoms with Crippen LogP contribution in [0.15, 0.2) is 30.3 Å². The van der Waals surface area contributed by atoms with Crippen molar-refractivity contribution in [2.45, 2.75) is 78.2 Å². The highest BCUT2D eigenvalue weighted by molar-refractivity contribution is 6.31. The van der Waals surface area contributed by atoms with Gasteiger partial charge >= 0.3 is 12.3 Å². The number of rotatable bonds is 7. The van der Waals surface area contributed by atoms with E-state index in [1.54, 1.807) is 45.9 Å². The molecule has 11 heteroatoms. The summed E-state index contributed by atoms with van der Waals surface area (Å²) in [7, 11) is 0. The number of alkyl carbamates (subject to hydrolysis) is 1. The van der Waals surface area contributed by atoms with Gasteiger partial charge in [-0.2, -0.15) is 13.2 Å². The smallest absolute Gasteiger partial charge is 0.433 e. The van der Waals surface area contributed by atoms with Gasteiger partial charge in [0.25, 0.3) is 0 Å². The molecule has 214 valence electrons. The average molecular weight is 569 g/mol. The molecule has 1 aliphatic rings. The topological polar surface area (TPSA) is 83.6 Å². The number of nitrogens with one attached hydrogen (secondary N) is 2. The summed E-state index contributed by atoms with van der Waals surface area (Å²) in [6.07, 6.45) is -3.39. The van der Waals surface area contributed by atoms with Gasteiger partial charge in [0, 0.05) is 36.8 Å². The summed E-state index contributed by atoms with van der Waals surface area (Å²) in [5, 5.41) is 5.87. The Labute approximate surface area is 232 Å². The minimum Gasteiger partial charge on any atom is -0.444 e. The first kappa shape index (κ1) is 30.5. The summed E-state index contributed by atoms with van der Waals surface area (Å²) < 4.78 is 45.3. The van der Waals surface area contributed by atoms with E-state index in [1.807, 2.05) is 4.90 Å². The monoisotopic (exact) mass is 568 g/mol. The number of hydrogen-bond donors (Lipinski definition) is 2. The molecule has 1 unspecified atom stereocenters. The number of halogens is 4. The van der Waals surface area contributed by atoms with E-state index in [9.17, 15) is 22.8 Å². The summed E-state index contributed by atoms with van der Waals surface area (Å²) in [6, 6.07) is 7.48. The molecule has 1 aromatic carbocycles. The van der Waals surface area contributed by atoms with Crippen molar-refractivity contribution in [2.24, 2.45) is 5.92 Å². The highest BCUT2D eigenvalue weighted by Gasteiger charge is 2.34. The molecule has 0 radical (unpaired) electrons. The van der Waals surface area contributed by atoms with Crippen LogP contribution < -0.4 is 15.5 Å². The number of nitrogens with zero attached hydrogens (tertiary/aromatic N) is 2. The maximum atomic E-state index is 13.4. The van der Waals surface area contributed by atoms with Crippen molar-refractivity contribution in [3.63, 3.8) is 0 Å². The van der Waals surface area contributed by atoms with Crippen LogP contribution in [0.3, 0.4) is 0 Å². The lowest BCUT2D eigenvalue weighted by Gasteiger charge is -2.33. The summed E-state index contributed by atoms with van der Waals surface area (Å²) in [5.41, 5.74) is 0.282. The van der Waals surface area contributed by atoms with Crippen LogP contribution in [-0.4, -0.2) is 35.7 Å². The molecule has 0 aliphatic carbocycles. The van der Waals surface area contributed by atoms with E-state index < -0.39 is 29.5 Å². The van der Waals surface area contributed by atoms with Gasteiger partial charge in [0.15, 0.2) is 0 Å². The van der Waals surface area contributed by atoms with Gasteiger partial charge < -0.3 is 20.3 Å². The fourth-order valence-electron chi connectivity index (χ4n) is 4.21. The molecule has 3 rings (SSSR count). The summed E-state index contributed by atoms with van der Waals surface area (Å²) in [4.78, 5) is 30.7. The number of ether oxygens (including phenoxy) is 1. The number of amides is 2. The first-order valence-corrected chi connectivity index (χ1v) is 13.4. The lowest BCUT2D eigenvalue weighted by molar-refractivity contribution is -0.141. The van der Waals surface area contributed by atoms with E-state index in [2.05, 4.69) is 22.5 Å². The van der Waals surface area contributed by atoms with Gasteiger partial charge in [-0.25, -0.2) is 9.78 Å². The van der Waals surface area contributed by atoms with Crippen LogP contribution >= 0.6 is 11.6 Å². The standard InChI is InChI=1S/C28H36ClF3N4O3/c1-17-10-12-36(13-11-17)24-21(8-9-23(35-24)28(30,31)32)16-33-25(37)18(2)19-6-7-20(22(29)14-19)15-34-26(38)39-27(3,4)5/h6-9,14,17-18H,10-13,15-16H2,1-5H3,(H,33,37)(H,34,38). The molecule has 1 saturated heterocycles. The van der Waals surface area contributed by atoms with Crippen molar-refractivity contribution in [2.75, 3.05) is 18.0 Å². The minimum atomic E-state index is -4.55. The van der Waals surface area contributed by atoms with Crippen molar-refractivity contribution in [1.82, 2.24) is 15.6 Å². The molecule has 2 amide bonds. The number of benzene rings is 1. The molecule has 7 nitrogen and oxygen atoms in total. The van der Waals surface area contributed by atoms with Gasteiger partial charge in [0.2, 0.25) is 5.91 Å². The Kier molecular flexibility index (Phi) is 9.74. The molecule has 0 bridgehead atoms. The van der Waals surface area contributed by atoms with Crippen molar-refractivity contribution in [3.8, 4) is 0 Å². The van der Waals surface area contributed by atoms with Crippen LogP contribution in [-0.2, 0) is 28.8 Å². The lowest BCUT2D eigenvalue weighted by atomic mass is 9.98. The van der Waals surface area contributed by atoms with Gasteiger partial charge in [-0.3, -0.25) is 4.79 Å². The molecule has 1 fully saturated rings. The Hall–Kier alpha value is -3.01. The zero-order valence-corrected chi connectivity index (χ0v) is 23.7. The number of carbonyl (C=O) groups is 2. The first-order valence-electron chi connectivity index (χ1n) is 13.0. The van der Waals surface area contributed by atoms with E-state index in [4.69, 9.17) is 16.3 Å². The Morgan fingerprint density at radius 1 is 1.08 bits per heavy atom. The molecule has 2 heterocycles. The van der Waals surface area contributed by atoms with E-state index >= 15 is 0 Å². The predicted molar refractivity (Wildman–Crippen MR) is 145 cm³/mol. The number of hydrogen-bond acceptors (Lipinski definition) is 5. The van der Waals surface area contributed by atoms with Crippen LogP contribution in [0.1, 0.15) is 75.8 Å². The number of carbonyl (C=O) groups excluding carboxylic acids is 2. The van der Waals surface area contributed by atoms with E-state index in [0.29, 0.717) is 40.7 Å². The molecule has 1 atom stereocenters. The quantitative estimate of drug-likeness (QED) is 0.402. The summed E-state index contributed by atoms with van der Waals surface area (Å²) >= 11 is 6.41. The summed E-state index contributed by atoms with van der Waals surface area (Å²) in [5.74, 6) is -0.113. The van der Waals surface area contributed by atoms with Crippen molar-refractivity contribution in [1.29, 1.82) is 0 Å². The average Bonchev–Trinajstić information content (AvgIpc) is 2.85. The van der Waals surface area contributed by atoms with Crippen molar-refractivity contribution in [3.05, 3.63) is 57.7 Å². The van der Waals surface area contributed by atoms with Gasteiger partial charge in [0.1, 0.15) is 17.1 Å². The third-order valence-electron chi connectivity index (χ3n) is 6.58. The molecule has 0 saturated carbocycles. The first-order chi connectivity index (χ1) is 18.1. The molecular formula is C28H36ClF3N4O3. The van der Waals surface area contributed by atoms with E-state index in [1.165, 1.54) is 6.07 Å². The van der Waals surface area contributed by atoms with Gasteiger partial charge in [0.05, 0.1) is 5.92 Å².